The van der Waals surface area contributed by atoms with Crippen molar-refractivity contribution >= 4 is 0 Å². The molecule has 0 spiro atoms. The first-order chi connectivity index (χ1) is 8.10. The van der Waals surface area contributed by atoms with Crippen LogP contribution in [0.3, 0.4) is 0 Å². The van der Waals surface area contributed by atoms with Gasteiger partial charge in [0.2, 0.25) is 0 Å². The van der Waals surface area contributed by atoms with Crippen molar-refractivity contribution in [3.63, 3.8) is 0 Å². The van der Waals surface area contributed by atoms with Gasteiger partial charge in [0.25, 0.3) is 0 Å². The lowest BCUT2D eigenvalue weighted by atomic mass is 10.0. The summed E-state index contributed by atoms with van der Waals surface area (Å²) < 4.78 is 0. The maximum absolute atomic E-state index is 10.3. The van der Waals surface area contributed by atoms with Gasteiger partial charge in [0, 0.05) is 24.2 Å². The summed E-state index contributed by atoms with van der Waals surface area (Å²) in [5.41, 5.74) is -0.0263. The highest BCUT2D eigenvalue weighted by atomic mass is 16.3. The third-order valence-electron chi connectivity index (χ3n) is 3.05. The summed E-state index contributed by atoms with van der Waals surface area (Å²) >= 11 is 0. The van der Waals surface area contributed by atoms with Crippen molar-refractivity contribution in [2.45, 2.75) is 78.2 Å². The fourth-order valence-corrected chi connectivity index (χ4v) is 2.32. The molecule has 0 saturated heterocycles. The Morgan fingerprint density at radius 3 is 1.78 bits per heavy atom. The molecule has 18 heavy (non-hydrogen) atoms. The number of nitrogens with zero attached hydrogens (tertiary/aromatic N) is 1. The lowest BCUT2D eigenvalue weighted by Crippen LogP contribution is -2.56. The van der Waals surface area contributed by atoms with Crippen LogP contribution in [0.25, 0.3) is 0 Å². The van der Waals surface area contributed by atoms with Crippen LogP contribution in [0.5, 0.6) is 0 Å². The van der Waals surface area contributed by atoms with Crippen LogP contribution in [-0.2, 0) is 0 Å². The van der Waals surface area contributed by atoms with Crippen LogP contribution < -0.4 is 5.32 Å². The van der Waals surface area contributed by atoms with Crippen molar-refractivity contribution in [3.8, 4) is 0 Å². The second-order valence-electron chi connectivity index (χ2n) is 6.58. The lowest BCUT2D eigenvalue weighted by Gasteiger charge is -2.40. The summed E-state index contributed by atoms with van der Waals surface area (Å²) in [4.78, 5) is 2.16. The molecule has 0 aliphatic rings. The van der Waals surface area contributed by atoms with Gasteiger partial charge in [-0.25, -0.2) is 0 Å². The van der Waals surface area contributed by atoms with Crippen LogP contribution in [0.4, 0.5) is 0 Å². The molecule has 0 fully saturated rings. The van der Waals surface area contributed by atoms with Crippen molar-refractivity contribution < 1.29 is 10.2 Å². The number of rotatable bonds is 7. The molecular weight excluding hydrogens is 228 g/mol. The molecule has 3 N–H and O–H groups in total. The van der Waals surface area contributed by atoms with E-state index in [9.17, 15) is 10.2 Å². The maximum atomic E-state index is 10.3. The first-order valence-corrected chi connectivity index (χ1v) is 6.91. The molecule has 2 unspecified atom stereocenters. The molecule has 0 aromatic carbocycles. The second-order valence-corrected chi connectivity index (χ2v) is 6.58. The van der Waals surface area contributed by atoms with Gasteiger partial charge in [-0.2, -0.15) is 0 Å². The average molecular weight is 260 g/mol. The molecule has 2 atom stereocenters. The minimum Gasteiger partial charge on any atom is -0.395 e. The van der Waals surface area contributed by atoms with E-state index in [1.54, 1.807) is 0 Å². The Morgan fingerprint density at radius 2 is 1.50 bits per heavy atom. The minimum absolute atomic E-state index is 0.0245. The summed E-state index contributed by atoms with van der Waals surface area (Å²) in [5, 5.41) is 23.1. The first kappa shape index (κ1) is 17.8. The Morgan fingerprint density at radius 1 is 1.06 bits per heavy atom. The maximum Gasteiger partial charge on any atom is 0.0842 e. The Hall–Kier alpha value is -0.160. The molecule has 0 aliphatic carbocycles. The molecular formula is C14H32N2O2. The fourth-order valence-electron chi connectivity index (χ4n) is 2.32. The fraction of sp³-hybridized carbons (Fsp3) is 1.00. The largest absolute Gasteiger partial charge is 0.395 e. The molecule has 4 nitrogen and oxygen atoms in total. The summed E-state index contributed by atoms with van der Waals surface area (Å²) in [6.45, 7) is 15.0. The van der Waals surface area contributed by atoms with E-state index in [1.807, 2.05) is 0 Å². The van der Waals surface area contributed by atoms with Gasteiger partial charge in [-0.1, -0.05) is 0 Å². The van der Waals surface area contributed by atoms with Crippen molar-refractivity contribution in [2.75, 3.05) is 13.2 Å². The molecule has 0 amide bonds. The van der Waals surface area contributed by atoms with Gasteiger partial charge in [0.1, 0.15) is 0 Å². The highest BCUT2D eigenvalue weighted by Gasteiger charge is 2.29. The Labute approximate surface area is 112 Å². The van der Waals surface area contributed by atoms with E-state index in [-0.39, 0.29) is 18.2 Å². The van der Waals surface area contributed by atoms with Crippen molar-refractivity contribution in [1.82, 2.24) is 10.2 Å². The van der Waals surface area contributed by atoms with Gasteiger partial charge in [-0.3, -0.25) is 4.90 Å². The quantitative estimate of drug-likeness (QED) is 0.644. The van der Waals surface area contributed by atoms with E-state index in [4.69, 9.17) is 0 Å². The predicted octanol–water partition coefficient (Wildman–Crippen LogP) is 1.22. The number of nitrogens with one attached hydrogen (secondary N) is 1. The van der Waals surface area contributed by atoms with Crippen LogP contribution in [0.15, 0.2) is 0 Å². The van der Waals surface area contributed by atoms with E-state index in [1.165, 1.54) is 0 Å². The van der Waals surface area contributed by atoms with E-state index in [2.05, 4.69) is 58.7 Å². The molecule has 110 valence electrons. The standard InChI is InChI=1S/C14H32N2O2/c1-10(2)16(11(3)4)12(9-17)13(18)8-15-14(5,6)7/h10-13,15,17-18H,8-9H2,1-7H3. The zero-order valence-corrected chi connectivity index (χ0v) is 13.1. The zero-order chi connectivity index (χ0) is 14.5. The zero-order valence-electron chi connectivity index (χ0n) is 13.1. The van der Waals surface area contributed by atoms with Crippen molar-refractivity contribution in [3.05, 3.63) is 0 Å². The normalized spacial score (nSPS) is 16.7. The van der Waals surface area contributed by atoms with Gasteiger partial charge >= 0.3 is 0 Å². The molecule has 0 bridgehead atoms. The van der Waals surface area contributed by atoms with Crippen molar-refractivity contribution in [1.29, 1.82) is 0 Å². The van der Waals surface area contributed by atoms with Crippen molar-refractivity contribution in [2.24, 2.45) is 0 Å². The van der Waals surface area contributed by atoms with Crippen LogP contribution in [0.2, 0.25) is 0 Å². The molecule has 0 heterocycles. The van der Waals surface area contributed by atoms with Gasteiger partial charge < -0.3 is 15.5 Å². The number of aliphatic hydroxyl groups excluding tert-OH is 2. The van der Waals surface area contributed by atoms with E-state index < -0.39 is 6.10 Å². The van der Waals surface area contributed by atoms with E-state index in [0.717, 1.165) is 0 Å². The SMILES string of the molecule is CC(C)N(C(C)C)C(CO)C(O)CNC(C)(C)C. The lowest BCUT2D eigenvalue weighted by molar-refractivity contribution is -0.0166. The van der Waals surface area contributed by atoms with Crippen LogP contribution in [0, 0.1) is 0 Å². The molecule has 0 rings (SSSR count). The topological polar surface area (TPSA) is 55.7 Å². The van der Waals surface area contributed by atoms with Gasteiger partial charge in [0.05, 0.1) is 18.8 Å². The number of hydrogen-bond donors (Lipinski definition) is 3. The second kappa shape index (κ2) is 7.43. The molecule has 0 aromatic heterocycles. The van der Waals surface area contributed by atoms with E-state index in [0.29, 0.717) is 18.6 Å². The third kappa shape index (κ3) is 6.14. The molecule has 0 radical (unpaired) electrons. The molecule has 0 aromatic rings. The highest BCUT2D eigenvalue weighted by Crippen LogP contribution is 2.14. The Kier molecular flexibility index (Phi) is 7.37. The highest BCUT2D eigenvalue weighted by molar-refractivity contribution is 4.85. The molecule has 4 heteroatoms. The average Bonchev–Trinajstić information content (AvgIpc) is 2.19. The van der Waals surface area contributed by atoms with Crippen LogP contribution in [0.1, 0.15) is 48.5 Å². The minimum atomic E-state index is -0.570. The van der Waals surface area contributed by atoms with Gasteiger partial charge in [0.15, 0.2) is 0 Å². The van der Waals surface area contributed by atoms with Gasteiger partial charge in [-0.05, 0) is 48.5 Å². The first-order valence-electron chi connectivity index (χ1n) is 6.91. The number of hydrogen-bond acceptors (Lipinski definition) is 4. The third-order valence-corrected chi connectivity index (χ3v) is 3.05. The van der Waals surface area contributed by atoms with E-state index >= 15 is 0 Å². The summed E-state index contributed by atoms with van der Waals surface area (Å²) in [6, 6.07) is 0.373. The van der Waals surface area contributed by atoms with Crippen LogP contribution in [-0.4, -0.2) is 58.0 Å². The Bertz CT molecular complexity index is 216. The summed E-state index contributed by atoms with van der Waals surface area (Å²) in [7, 11) is 0. The summed E-state index contributed by atoms with van der Waals surface area (Å²) in [5.74, 6) is 0. The predicted molar refractivity (Wildman–Crippen MR) is 76.7 cm³/mol. The molecule has 0 saturated carbocycles. The summed E-state index contributed by atoms with van der Waals surface area (Å²) in [6.07, 6.45) is -0.570. The Balaban J connectivity index is 4.63. The smallest absolute Gasteiger partial charge is 0.0842 e. The molecule has 0 aliphatic heterocycles. The number of β-amino-alcohol motifs (C(OH)–C–C–N with tert-alkyl or cyclic N) is 1. The van der Waals surface area contributed by atoms with Crippen LogP contribution >= 0.6 is 0 Å². The van der Waals surface area contributed by atoms with Gasteiger partial charge in [-0.15, -0.1) is 0 Å². The monoisotopic (exact) mass is 260 g/mol. The number of aliphatic hydroxyl groups is 2.